The van der Waals surface area contributed by atoms with E-state index in [9.17, 15) is 9.59 Å². The summed E-state index contributed by atoms with van der Waals surface area (Å²) >= 11 is 12.2. The standard InChI is InChI=1S/C29H37ClN4O4S/c1-4-17-38-23-8-5-21(6-9-23)31-27(35)19-25-28(36)34(22-7-10-26(37-3)24(30)18-22)29(39)33(25)16-15-32-13-11-20(2)12-14-32/h5-10,18,20,25H,4,11-17,19H2,1-3H3,(H,31,35). The average molecular weight is 573 g/mol. The Hall–Kier alpha value is -2.88. The molecule has 2 heterocycles. The molecule has 2 fully saturated rings. The van der Waals surface area contributed by atoms with Gasteiger partial charge in [0.15, 0.2) is 5.11 Å². The number of hydrogen-bond acceptors (Lipinski definition) is 6. The van der Waals surface area contributed by atoms with Crippen LogP contribution in [-0.4, -0.2) is 72.7 Å². The Morgan fingerprint density at radius 2 is 1.85 bits per heavy atom. The molecule has 10 heteroatoms. The third-order valence-corrected chi connectivity index (χ3v) is 7.95. The van der Waals surface area contributed by atoms with Crippen LogP contribution in [0.15, 0.2) is 42.5 Å². The molecule has 210 valence electrons. The molecule has 2 amide bonds. The average Bonchev–Trinajstić information content (AvgIpc) is 3.16. The van der Waals surface area contributed by atoms with Crippen molar-refractivity contribution in [1.29, 1.82) is 0 Å². The van der Waals surface area contributed by atoms with Crippen molar-refractivity contribution in [2.24, 2.45) is 5.92 Å². The van der Waals surface area contributed by atoms with Crippen LogP contribution in [0, 0.1) is 5.92 Å². The van der Waals surface area contributed by atoms with Crippen molar-refractivity contribution in [3.05, 3.63) is 47.5 Å². The highest BCUT2D eigenvalue weighted by atomic mass is 35.5. The molecule has 39 heavy (non-hydrogen) atoms. The molecule has 0 aliphatic carbocycles. The van der Waals surface area contributed by atoms with E-state index in [1.54, 1.807) is 30.3 Å². The maximum atomic E-state index is 13.7. The van der Waals surface area contributed by atoms with Crippen LogP contribution in [-0.2, 0) is 9.59 Å². The summed E-state index contributed by atoms with van der Waals surface area (Å²) in [4.78, 5) is 32.6. The molecular formula is C29H37ClN4O4S. The highest BCUT2D eigenvalue weighted by molar-refractivity contribution is 7.80. The van der Waals surface area contributed by atoms with E-state index in [1.807, 2.05) is 24.0 Å². The van der Waals surface area contributed by atoms with Crippen LogP contribution >= 0.6 is 23.8 Å². The van der Waals surface area contributed by atoms with E-state index in [0.717, 1.165) is 50.6 Å². The molecule has 2 aliphatic heterocycles. The molecule has 2 aliphatic rings. The van der Waals surface area contributed by atoms with Gasteiger partial charge in [0.25, 0.3) is 5.91 Å². The topological polar surface area (TPSA) is 74.3 Å². The fourth-order valence-electron chi connectivity index (χ4n) is 4.90. The predicted octanol–water partition coefficient (Wildman–Crippen LogP) is 5.20. The van der Waals surface area contributed by atoms with Gasteiger partial charge in [0.1, 0.15) is 17.5 Å². The number of nitrogens with one attached hydrogen (secondary N) is 1. The molecule has 1 unspecified atom stereocenters. The van der Waals surface area contributed by atoms with Crippen LogP contribution in [0.4, 0.5) is 11.4 Å². The molecule has 8 nitrogen and oxygen atoms in total. The number of nitrogens with zero attached hydrogens (tertiary/aromatic N) is 3. The lowest BCUT2D eigenvalue weighted by Gasteiger charge is -2.32. The summed E-state index contributed by atoms with van der Waals surface area (Å²) in [6.07, 6.45) is 3.22. The normalized spacial score (nSPS) is 18.5. The molecule has 0 aromatic heterocycles. The number of benzene rings is 2. The van der Waals surface area contributed by atoms with Crippen molar-refractivity contribution in [2.75, 3.05) is 50.1 Å². The minimum absolute atomic E-state index is 0.0233. The van der Waals surface area contributed by atoms with E-state index in [4.69, 9.17) is 33.3 Å². The number of ether oxygens (including phenoxy) is 2. The third-order valence-electron chi connectivity index (χ3n) is 7.24. The highest BCUT2D eigenvalue weighted by Crippen LogP contribution is 2.33. The fraction of sp³-hybridized carbons (Fsp3) is 0.483. The maximum absolute atomic E-state index is 13.7. The second-order valence-electron chi connectivity index (χ2n) is 10.1. The van der Waals surface area contributed by atoms with Gasteiger partial charge in [-0.15, -0.1) is 0 Å². The zero-order valence-corrected chi connectivity index (χ0v) is 24.4. The minimum atomic E-state index is -0.714. The molecule has 0 saturated carbocycles. The van der Waals surface area contributed by atoms with Gasteiger partial charge in [-0.2, -0.15) is 0 Å². The van der Waals surface area contributed by atoms with Gasteiger partial charge >= 0.3 is 0 Å². The van der Waals surface area contributed by atoms with Crippen LogP contribution in [0.3, 0.4) is 0 Å². The van der Waals surface area contributed by atoms with Gasteiger partial charge in [0.05, 0.1) is 30.8 Å². The van der Waals surface area contributed by atoms with E-state index in [1.165, 1.54) is 12.0 Å². The zero-order valence-electron chi connectivity index (χ0n) is 22.8. The first kappa shape index (κ1) is 29.1. The fourth-order valence-corrected chi connectivity index (χ4v) is 5.56. The maximum Gasteiger partial charge on any atom is 0.256 e. The number of rotatable bonds is 11. The molecule has 1 N–H and O–H groups in total. The highest BCUT2D eigenvalue weighted by Gasteiger charge is 2.44. The number of methoxy groups -OCH3 is 1. The van der Waals surface area contributed by atoms with Gasteiger partial charge in [-0.05, 0) is 93.0 Å². The second kappa shape index (κ2) is 13.5. The Bertz CT molecular complexity index is 1170. The number of carbonyl (C=O) groups excluding carboxylic acids is 2. The molecule has 2 aromatic carbocycles. The lowest BCUT2D eigenvalue weighted by atomic mass is 9.99. The summed E-state index contributed by atoms with van der Waals surface area (Å²) in [5.41, 5.74) is 1.20. The molecule has 0 bridgehead atoms. The summed E-state index contributed by atoms with van der Waals surface area (Å²) in [6.45, 7) is 8.34. The molecule has 2 aromatic rings. The Labute approximate surface area is 241 Å². The van der Waals surface area contributed by atoms with Gasteiger partial charge in [-0.25, -0.2) is 0 Å². The van der Waals surface area contributed by atoms with Crippen molar-refractivity contribution < 1.29 is 19.1 Å². The summed E-state index contributed by atoms with van der Waals surface area (Å²) in [5, 5.41) is 3.67. The number of carbonyl (C=O) groups is 2. The predicted molar refractivity (Wildman–Crippen MR) is 159 cm³/mol. The number of likely N-dealkylation sites (tertiary alicyclic amines) is 1. The smallest absolute Gasteiger partial charge is 0.256 e. The second-order valence-corrected chi connectivity index (χ2v) is 10.9. The minimum Gasteiger partial charge on any atom is -0.495 e. The largest absolute Gasteiger partial charge is 0.495 e. The molecular weight excluding hydrogens is 536 g/mol. The third kappa shape index (κ3) is 7.21. The van der Waals surface area contributed by atoms with E-state index >= 15 is 0 Å². The van der Waals surface area contributed by atoms with Gasteiger partial charge in [0, 0.05) is 18.8 Å². The van der Waals surface area contributed by atoms with Crippen molar-refractivity contribution in [3.63, 3.8) is 0 Å². The molecule has 1 atom stereocenters. The van der Waals surface area contributed by atoms with Crippen LogP contribution in [0.25, 0.3) is 0 Å². The number of thiocarbonyl (C=S) groups is 1. The van der Waals surface area contributed by atoms with E-state index in [-0.39, 0.29) is 18.2 Å². The first-order chi connectivity index (χ1) is 18.8. The van der Waals surface area contributed by atoms with Crippen LogP contribution in [0.1, 0.15) is 39.5 Å². The lowest BCUT2D eigenvalue weighted by Crippen LogP contribution is -2.44. The summed E-state index contributed by atoms with van der Waals surface area (Å²) in [5.74, 6) is 1.49. The number of piperidine rings is 1. The molecule has 4 rings (SSSR count). The summed E-state index contributed by atoms with van der Waals surface area (Å²) in [7, 11) is 1.54. The van der Waals surface area contributed by atoms with E-state index in [0.29, 0.717) is 40.4 Å². The number of amides is 2. The molecule has 0 radical (unpaired) electrons. The van der Waals surface area contributed by atoms with Crippen LogP contribution < -0.4 is 19.7 Å². The number of hydrogen-bond donors (Lipinski definition) is 1. The van der Waals surface area contributed by atoms with Gasteiger partial charge in [-0.3, -0.25) is 14.5 Å². The van der Waals surface area contributed by atoms with E-state index < -0.39 is 6.04 Å². The zero-order chi connectivity index (χ0) is 27.9. The first-order valence-electron chi connectivity index (χ1n) is 13.5. The van der Waals surface area contributed by atoms with Crippen LogP contribution in [0.5, 0.6) is 11.5 Å². The van der Waals surface area contributed by atoms with Gasteiger partial charge in [0.2, 0.25) is 5.91 Å². The Morgan fingerprint density at radius 3 is 2.49 bits per heavy atom. The first-order valence-corrected chi connectivity index (χ1v) is 14.3. The summed E-state index contributed by atoms with van der Waals surface area (Å²) in [6, 6.07) is 11.7. The molecule has 0 spiro atoms. The quantitative estimate of drug-likeness (QED) is 0.371. The Kier molecular flexibility index (Phi) is 10.0. The Morgan fingerprint density at radius 1 is 1.13 bits per heavy atom. The van der Waals surface area contributed by atoms with Crippen LogP contribution in [0.2, 0.25) is 5.02 Å². The lowest BCUT2D eigenvalue weighted by molar-refractivity contribution is -0.124. The van der Waals surface area contributed by atoms with E-state index in [2.05, 4.69) is 17.1 Å². The van der Waals surface area contributed by atoms with Crippen molar-refractivity contribution >= 4 is 52.1 Å². The SMILES string of the molecule is CCCOc1ccc(NC(=O)CC2C(=O)N(c3ccc(OC)c(Cl)c3)C(=S)N2CCN2CCC(C)CC2)cc1. The summed E-state index contributed by atoms with van der Waals surface area (Å²) < 4.78 is 10.9. The van der Waals surface area contributed by atoms with Crippen molar-refractivity contribution in [3.8, 4) is 11.5 Å². The number of anilines is 2. The van der Waals surface area contributed by atoms with Gasteiger partial charge < -0.3 is 24.6 Å². The van der Waals surface area contributed by atoms with Crippen molar-refractivity contribution in [1.82, 2.24) is 9.80 Å². The monoisotopic (exact) mass is 572 g/mol. The number of halogens is 1. The van der Waals surface area contributed by atoms with Crippen molar-refractivity contribution in [2.45, 2.75) is 45.6 Å². The van der Waals surface area contributed by atoms with Gasteiger partial charge in [-0.1, -0.05) is 25.4 Å². The Balaban J connectivity index is 1.49. The molecule has 2 saturated heterocycles.